The topological polar surface area (TPSA) is 26.0 Å². The van der Waals surface area contributed by atoms with Crippen LogP contribution in [0.4, 0.5) is 0 Å². The van der Waals surface area contributed by atoms with Gasteiger partial charge in [0.25, 0.3) is 0 Å². The monoisotopic (exact) mass is 237 g/mol. The zero-order valence-corrected chi connectivity index (χ0v) is 10.3. The molecule has 1 aromatic heterocycles. The minimum atomic E-state index is 1.28. The molecule has 0 spiro atoms. The summed E-state index contributed by atoms with van der Waals surface area (Å²) in [6, 6.07) is 19.0. The minimum absolute atomic E-state index is 1.28. The second-order valence-corrected chi connectivity index (χ2v) is 3.91. The Bertz CT molecular complexity index is 524. The zero-order chi connectivity index (χ0) is 12.6. The van der Waals surface area contributed by atoms with Gasteiger partial charge < -0.3 is 4.42 Å². The number of nitrogens with zero attached hydrogens (tertiary/aromatic N) is 1. The van der Waals surface area contributed by atoms with Gasteiger partial charge in [0.15, 0.2) is 6.39 Å². The number of oxazole rings is 1. The zero-order valence-electron chi connectivity index (χ0n) is 10.3. The third-order valence-corrected chi connectivity index (χ3v) is 2.51. The molecule has 2 aromatic carbocycles. The molecule has 0 radical (unpaired) electrons. The van der Waals surface area contributed by atoms with E-state index in [-0.39, 0.29) is 0 Å². The maximum Gasteiger partial charge on any atom is 0.180 e. The van der Waals surface area contributed by atoms with Crippen molar-refractivity contribution in [2.24, 2.45) is 0 Å². The van der Waals surface area contributed by atoms with Gasteiger partial charge in [0, 0.05) is 0 Å². The normalized spacial score (nSPS) is 9.39. The third-order valence-electron chi connectivity index (χ3n) is 2.51. The molecule has 0 atom stereocenters. The highest BCUT2D eigenvalue weighted by molar-refractivity contribution is 5.63. The van der Waals surface area contributed by atoms with Gasteiger partial charge in [0.1, 0.15) is 6.26 Å². The molecule has 0 unspecified atom stereocenters. The van der Waals surface area contributed by atoms with Crippen molar-refractivity contribution in [1.82, 2.24) is 4.98 Å². The van der Waals surface area contributed by atoms with Gasteiger partial charge >= 0.3 is 0 Å². The van der Waals surface area contributed by atoms with Crippen LogP contribution in [-0.4, -0.2) is 4.98 Å². The lowest BCUT2D eigenvalue weighted by atomic mass is 10.0. The van der Waals surface area contributed by atoms with E-state index in [1.54, 1.807) is 6.20 Å². The molecule has 3 rings (SSSR count). The molecule has 18 heavy (non-hydrogen) atoms. The van der Waals surface area contributed by atoms with Crippen LogP contribution in [0, 0.1) is 6.92 Å². The highest BCUT2D eigenvalue weighted by atomic mass is 16.3. The maximum atomic E-state index is 4.47. The van der Waals surface area contributed by atoms with Gasteiger partial charge in [-0.1, -0.05) is 60.2 Å². The highest BCUT2D eigenvalue weighted by Gasteiger charge is 1.93. The first-order valence-corrected chi connectivity index (χ1v) is 5.80. The largest absolute Gasteiger partial charge is 0.452 e. The van der Waals surface area contributed by atoms with Crippen LogP contribution < -0.4 is 0 Å². The van der Waals surface area contributed by atoms with Crippen molar-refractivity contribution < 1.29 is 4.42 Å². The quantitative estimate of drug-likeness (QED) is 0.629. The van der Waals surface area contributed by atoms with E-state index in [1.165, 1.54) is 29.3 Å². The summed E-state index contributed by atoms with van der Waals surface area (Å²) in [6.45, 7) is 2.11. The van der Waals surface area contributed by atoms with E-state index in [0.29, 0.717) is 0 Å². The van der Waals surface area contributed by atoms with E-state index < -0.39 is 0 Å². The van der Waals surface area contributed by atoms with Crippen molar-refractivity contribution >= 4 is 0 Å². The summed E-state index contributed by atoms with van der Waals surface area (Å²) in [5, 5.41) is 0. The van der Waals surface area contributed by atoms with Crippen LogP contribution >= 0.6 is 0 Å². The number of hydrogen-bond acceptors (Lipinski definition) is 2. The van der Waals surface area contributed by atoms with Gasteiger partial charge in [0.05, 0.1) is 6.20 Å². The summed E-state index contributed by atoms with van der Waals surface area (Å²) < 4.78 is 4.47. The molecule has 2 nitrogen and oxygen atoms in total. The number of hydrogen-bond donors (Lipinski definition) is 0. The Morgan fingerprint density at radius 1 is 0.833 bits per heavy atom. The van der Waals surface area contributed by atoms with E-state index >= 15 is 0 Å². The molecule has 0 N–H and O–H groups in total. The van der Waals surface area contributed by atoms with Crippen molar-refractivity contribution in [2.75, 3.05) is 0 Å². The molecule has 0 aliphatic carbocycles. The van der Waals surface area contributed by atoms with Gasteiger partial charge in [-0.05, 0) is 18.1 Å². The lowest BCUT2D eigenvalue weighted by molar-refractivity contribution is 0.558. The SMILES string of the molecule is Cc1ccc(-c2ccccc2)cc1.c1cocn1. The Labute approximate surface area is 107 Å². The number of aromatic nitrogens is 1. The van der Waals surface area contributed by atoms with Gasteiger partial charge in [-0.15, -0.1) is 0 Å². The molecule has 0 amide bonds. The average molecular weight is 237 g/mol. The Morgan fingerprint density at radius 2 is 1.50 bits per heavy atom. The first-order valence-electron chi connectivity index (χ1n) is 5.80. The molecule has 0 saturated heterocycles. The highest BCUT2D eigenvalue weighted by Crippen LogP contribution is 2.18. The summed E-state index contributed by atoms with van der Waals surface area (Å²) >= 11 is 0. The van der Waals surface area contributed by atoms with Crippen molar-refractivity contribution in [3.05, 3.63) is 79.0 Å². The Morgan fingerprint density at radius 3 is 2.00 bits per heavy atom. The molecular formula is C16H15NO. The molecule has 2 heteroatoms. The summed E-state index contributed by atoms with van der Waals surface area (Å²) in [6.07, 6.45) is 4.47. The van der Waals surface area contributed by atoms with Gasteiger partial charge in [-0.3, -0.25) is 0 Å². The average Bonchev–Trinajstić information content (AvgIpc) is 3.00. The number of benzene rings is 2. The van der Waals surface area contributed by atoms with Crippen LogP contribution in [0.5, 0.6) is 0 Å². The van der Waals surface area contributed by atoms with Crippen LogP contribution in [0.1, 0.15) is 5.56 Å². The van der Waals surface area contributed by atoms with E-state index in [0.717, 1.165) is 0 Å². The molecule has 0 bridgehead atoms. The lowest BCUT2D eigenvalue weighted by Crippen LogP contribution is -1.76. The van der Waals surface area contributed by atoms with Gasteiger partial charge in [-0.25, -0.2) is 4.98 Å². The van der Waals surface area contributed by atoms with Crippen LogP contribution in [0.2, 0.25) is 0 Å². The predicted molar refractivity (Wildman–Crippen MR) is 73.1 cm³/mol. The summed E-state index contributed by atoms with van der Waals surface area (Å²) in [7, 11) is 0. The molecule has 0 fully saturated rings. The van der Waals surface area contributed by atoms with Crippen LogP contribution in [-0.2, 0) is 0 Å². The molecule has 0 aliphatic rings. The Kier molecular flexibility index (Phi) is 4.31. The van der Waals surface area contributed by atoms with Crippen LogP contribution in [0.3, 0.4) is 0 Å². The van der Waals surface area contributed by atoms with Gasteiger partial charge in [-0.2, -0.15) is 0 Å². The fourth-order valence-electron chi connectivity index (χ4n) is 1.55. The number of rotatable bonds is 1. The van der Waals surface area contributed by atoms with Crippen molar-refractivity contribution in [3.63, 3.8) is 0 Å². The van der Waals surface area contributed by atoms with Gasteiger partial charge in [0.2, 0.25) is 0 Å². The summed E-state index contributed by atoms with van der Waals surface area (Å²) in [5.74, 6) is 0. The smallest absolute Gasteiger partial charge is 0.180 e. The maximum absolute atomic E-state index is 4.47. The number of aryl methyl sites for hydroxylation is 1. The van der Waals surface area contributed by atoms with Crippen molar-refractivity contribution in [2.45, 2.75) is 6.92 Å². The summed E-state index contributed by atoms with van der Waals surface area (Å²) in [4.78, 5) is 3.56. The van der Waals surface area contributed by atoms with Crippen molar-refractivity contribution in [1.29, 1.82) is 0 Å². The second kappa shape index (κ2) is 6.40. The third kappa shape index (κ3) is 3.59. The lowest BCUT2D eigenvalue weighted by Gasteiger charge is -2.00. The molecule has 1 heterocycles. The minimum Gasteiger partial charge on any atom is -0.452 e. The first-order chi connectivity index (χ1) is 8.86. The van der Waals surface area contributed by atoms with E-state index in [1.807, 2.05) is 6.07 Å². The summed E-state index contributed by atoms with van der Waals surface area (Å²) in [5.41, 5.74) is 3.87. The second-order valence-electron chi connectivity index (χ2n) is 3.91. The molecular weight excluding hydrogens is 222 g/mol. The molecule has 3 aromatic rings. The Hall–Kier alpha value is -2.35. The fourth-order valence-corrected chi connectivity index (χ4v) is 1.55. The van der Waals surface area contributed by atoms with E-state index in [9.17, 15) is 0 Å². The van der Waals surface area contributed by atoms with Crippen LogP contribution in [0.15, 0.2) is 77.9 Å². The fraction of sp³-hybridized carbons (Fsp3) is 0.0625. The van der Waals surface area contributed by atoms with Crippen molar-refractivity contribution in [3.8, 4) is 11.1 Å². The van der Waals surface area contributed by atoms with Crippen LogP contribution in [0.25, 0.3) is 11.1 Å². The van der Waals surface area contributed by atoms with E-state index in [2.05, 4.69) is 64.9 Å². The molecule has 0 aliphatic heterocycles. The molecule has 90 valence electrons. The Balaban J connectivity index is 0.000000202. The van der Waals surface area contributed by atoms with E-state index in [4.69, 9.17) is 0 Å². The standard InChI is InChI=1S/C13H12.C3H3NO/c1-11-7-9-13(10-8-11)12-5-3-2-4-6-12;1-2-5-3-4-1/h2-10H,1H3;1-3H. The first kappa shape index (κ1) is 12.1. The molecule has 0 saturated carbocycles. The predicted octanol–water partition coefficient (Wildman–Crippen LogP) is 4.34.